The Labute approximate surface area is 268 Å². The lowest BCUT2D eigenvalue weighted by Crippen LogP contribution is -2.43. The van der Waals surface area contributed by atoms with Crippen LogP contribution in [0.15, 0.2) is 102 Å². The molecule has 0 spiro atoms. The largest absolute Gasteiger partial charge is 0.465 e. The van der Waals surface area contributed by atoms with Gasteiger partial charge in [0.25, 0.3) is 0 Å². The highest BCUT2D eigenvalue weighted by molar-refractivity contribution is 5.91. The minimum absolute atomic E-state index is 0.0319. The molecule has 0 unspecified atom stereocenters. The zero-order chi connectivity index (χ0) is 33.2. The van der Waals surface area contributed by atoms with Crippen molar-refractivity contribution in [1.29, 1.82) is 0 Å². The Bertz CT molecular complexity index is 1750. The number of rotatable bonds is 12. The molecule has 47 heavy (non-hydrogen) atoms. The van der Waals surface area contributed by atoms with Gasteiger partial charge in [0.2, 0.25) is 0 Å². The number of esters is 4. The molecule has 1 aliphatic rings. The van der Waals surface area contributed by atoms with E-state index in [0.717, 1.165) is 10.9 Å². The minimum atomic E-state index is -1.48. The van der Waals surface area contributed by atoms with E-state index in [9.17, 15) is 24.0 Å². The molecule has 5 rings (SSSR count). The van der Waals surface area contributed by atoms with E-state index in [4.69, 9.17) is 23.7 Å². The summed E-state index contributed by atoms with van der Waals surface area (Å²) in [5.41, 5.74) is -0.312. The predicted octanol–water partition coefficient (Wildman–Crippen LogP) is 2.82. The van der Waals surface area contributed by atoms with E-state index in [0.29, 0.717) is 0 Å². The van der Waals surface area contributed by atoms with Crippen LogP contribution in [0.25, 0.3) is 0 Å². The van der Waals surface area contributed by atoms with Gasteiger partial charge in [-0.25, -0.2) is 19.2 Å². The molecule has 1 aromatic heterocycles. The number of aromatic nitrogens is 3. The molecule has 1 N–H and O–H groups in total. The third kappa shape index (κ3) is 8.23. The number of carbonyl (C=O) groups is 4. The molecule has 242 valence electrons. The van der Waals surface area contributed by atoms with Gasteiger partial charge in [-0.1, -0.05) is 54.6 Å². The normalized spacial score (nSPS) is 18.5. The van der Waals surface area contributed by atoms with Crippen molar-refractivity contribution >= 4 is 29.7 Å². The predicted molar refractivity (Wildman–Crippen MR) is 163 cm³/mol. The summed E-state index contributed by atoms with van der Waals surface area (Å²) in [5.74, 6) is -2.87. The van der Waals surface area contributed by atoms with Crippen LogP contribution in [-0.4, -0.2) is 76.7 Å². The zero-order valence-corrected chi connectivity index (χ0v) is 25.1. The van der Waals surface area contributed by atoms with Gasteiger partial charge in [-0.2, -0.15) is 14.8 Å². The Morgan fingerprint density at radius 3 is 1.83 bits per heavy atom. The topological polar surface area (TPSA) is 174 Å². The van der Waals surface area contributed by atoms with Crippen molar-refractivity contribution in [2.75, 3.05) is 25.1 Å². The molecular weight excluding hydrogens is 612 g/mol. The van der Waals surface area contributed by atoms with Gasteiger partial charge in [0.15, 0.2) is 24.3 Å². The van der Waals surface area contributed by atoms with Gasteiger partial charge in [-0.05, 0) is 43.3 Å². The maximum Gasteiger partial charge on any atom is 0.368 e. The van der Waals surface area contributed by atoms with Gasteiger partial charge in [0.1, 0.15) is 19.3 Å². The number of hydrogen-bond acceptors (Lipinski definition) is 13. The van der Waals surface area contributed by atoms with Gasteiger partial charge in [0.05, 0.1) is 29.5 Å². The quantitative estimate of drug-likeness (QED) is 0.177. The minimum Gasteiger partial charge on any atom is -0.465 e. The molecular formula is C33H30N4O10. The van der Waals surface area contributed by atoms with E-state index in [2.05, 4.69) is 15.4 Å². The molecule has 2 heterocycles. The lowest BCUT2D eigenvalue weighted by Gasteiger charge is -2.24. The fourth-order valence-electron chi connectivity index (χ4n) is 4.64. The summed E-state index contributed by atoms with van der Waals surface area (Å²) in [7, 11) is 0. The average Bonchev–Trinajstić information content (AvgIpc) is 3.43. The van der Waals surface area contributed by atoms with Crippen LogP contribution in [0.4, 0.5) is 5.82 Å². The summed E-state index contributed by atoms with van der Waals surface area (Å²) in [4.78, 5) is 68.2. The molecule has 0 aliphatic carbocycles. The Balaban J connectivity index is 1.47. The molecule has 1 fully saturated rings. The second-order valence-corrected chi connectivity index (χ2v) is 10.0. The van der Waals surface area contributed by atoms with Crippen molar-refractivity contribution in [1.82, 2.24) is 14.8 Å². The second kappa shape index (κ2) is 15.4. The van der Waals surface area contributed by atoms with Crippen molar-refractivity contribution in [2.24, 2.45) is 0 Å². The lowest BCUT2D eigenvalue weighted by atomic mass is 10.1. The van der Waals surface area contributed by atoms with Gasteiger partial charge < -0.3 is 29.0 Å². The zero-order valence-electron chi connectivity index (χ0n) is 25.1. The SMILES string of the molecule is CCOC(=O)CNc1cnn([C@H]2O[C@@H](COC(=O)c3ccccc3)[C@@H](OC(=O)c3ccccc3)[C@H]2OC(=O)c2ccccc2)c(=O)n1. The van der Waals surface area contributed by atoms with Crippen LogP contribution in [0.1, 0.15) is 44.2 Å². The highest BCUT2D eigenvalue weighted by Gasteiger charge is 2.52. The fraction of sp³-hybridized carbons (Fsp3) is 0.242. The first kappa shape index (κ1) is 32.5. The third-order valence-corrected chi connectivity index (χ3v) is 6.86. The van der Waals surface area contributed by atoms with Gasteiger partial charge in [-0.3, -0.25) is 4.79 Å². The molecule has 14 heteroatoms. The number of benzene rings is 3. The van der Waals surface area contributed by atoms with Gasteiger partial charge >= 0.3 is 29.6 Å². The summed E-state index contributed by atoms with van der Waals surface area (Å²) in [6.07, 6.45) is -4.37. The molecule has 0 amide bonds. The Hall–Kier alpha value is -5.89. The molecule has 4 aromatic rings. The number of anilines is 1. The smallest absolute Gasteiger partial charge is 0.368 e. The van der Waals surface area contributed by atoms with Crippen molar-refractivity contribution in [2.45, 2.75) is 31.5 Å². The first-order valence-electron chi connectivity index (χ1n) is 14.6. The van der Waals surface area contributed by atoms with Crippen LogP contribution in [-0.2, 0) is 28.5 Å². The summed E-state index contributed by atoms with van der Waals surface area (Å²) >= 11 is 0. The van der Waals surface area contributed by atoms with E-state index in [1.165, 1.54) is 24.3 Å². The van der Waals surface area contributed by atoms with Crippen molar-refractivity contribution < 1.29 is 42.9 Å². The maximum atomic E-state index is 13.3. The molecule has 4 atom stereocenters. The Kier molecular flexibility index (Phi) is 10.7. The van der Waals surface area contributed by atoms with E-state index >= 15 is 0 Å². The molecule has 3 aromatic carbocycles. The first-order chi connectivity index (χ1) is 22.8. The molecule has 1 saturated heterocycles. The van der Waals surface area contributed by atoms with Crippen LogP contribution in [0, 0.1) is 0 Å². The van der Waals surface area contributed by atoms with Crippen LogP contribution in [0.5, 0.6) is 0 Å². The van der Waals surface area contributed by atoms with Crippen LogP contribution >= 0.6 is 0 Å². The van der Waals surface area contributed by atoms with Crippen LogP contribution in [0.2, 0.25) is 0 Å². The van der Waals surface area contributed by atoms with Crippen LogP contribution in [0.3, 0.4) is 0 Å². The van der Waals surface area contributed by atoms with E-state index in [1.807, 2.05) is 0 Å². The third-order valence-electron chi connectivity index (χ3n) is 6.86. The van der Waals surface area contributed by atoms with Gasteiger partial charge in [0, 0.05) is 0 Å². The number of carbonyl (C=O) groups excluding carboxylic acids is 4. The van der Waals surface area contributed by atoms with Crippen LogP contribution < -0.4 is 11.0 Å². The molecule has 14 nitrogen and oxygen atoms in total. The molecule has 0 radical (unpaired) electrons. The standard InChI is InChI=1S/C33H30N4O10/c1-2-43-26(38)19-34-25-18-35-37(33(42)36-25)29-28(47-32(41)23-16-10-5-11-17-23)27(46-31(40)22-14-8-4-9-15-22)24(45-29)20-44-30(39)21-12-6-3-7-13-21/h3-18,24,27-29H,2,19-20H2,1H3,(H,34,36,42)/t24-,27+,28+,29-/m0/s1. The summed E-state index contributed by atoms with van der Waals surface area (Å²) in [5, 5.41) is 6.77. The highest BCUT2D eigenvalue weighted by Crippen LogP contribution is 2.34. The fourth-order valence-corrected chi connectivity index (χ4v) is 4.64. The Morgan fingerprint density at radius 2 is 1.30 bits per heavy atom. The molecule has 0 bridgehead atoms. The van der Waals surface area contributed by atoms with Crippen molar-refractivity contribution in [3.63, 3.8) is 0 Å². The average molecular weight is 643 g/mol. The van der Waals surface area contributed by atoms with Crippen molar-refractivity contribution in [3.8, 4) is 0 Å². The number of hydrogen-bond donors (Lipinski definition) is 1. The van der Waals surface area contributed by atoms with E-state index in [-0.39, 0.29) is 35.7 Å². The lowest BCUT2D eigenvalue weighted by molar-refractivity contribution is -0.140. The molecule has 0 saturated carbocycles. The van der Waals surface area contributed by atoms with Gasteiger partial charge in [-0.15, -0.1) is 0 Å². The summed E-state index contributed by atoms with van der Waals surface area (Å²) in [6.45, 7) is 1.11. The maximum absolute atomic E-state index is 13.3. The first-order valence-corrected chi connectivity index (χ1v) is 14.6. The van der Waals surface area contributed by atoms with E-state index in [1.54, 1.807) is 73.7 Å². The van der Waals surface area contributed by atoms with Crippen molar-refractivity contribution in [3.05, 3.63) is 124 Å². The number of nitrogens with zero attached hydrogens (tertiary/aromatic N) is 3. The Morgan fingerprint density at radius 1 is 0.766 bits per heavy atom. The van der Waals surface area contributed by atoms with E-state index < -0.39 is 60.7 Å². The number of nitrogens with one attached hydrogen (secondary N) is 1. The second-order valence-electron chi connectivity index (χ2n) is 10.0. The highest BCUT2D eigenvalue weighted by atomic mass is 16.7. The number of ether oxygens (including phenoxy) is 5. The summed E-state index contributed by atoms with van der Waals surface area (Å²) < 4.78 is 29.0. The summed E-state index contributed by atoms with van der Waals surface area (Å²) in [6, 6.07) is 24.3. The monoisotopic (exact) mass is 642 g/mol. The molecule has 1 aliphatic heterocycles.